The van der Waals surface area contributed by atoms with Crippen LogP contribution in [0, 0.1) is 0 Å². The van der Waals surface area contributed by atoms with Gasteiger partial charge < -0.3 is 16.4 Å². The molecule has 6 heteroatoms. The summed E-state index contributed by atoms with van der Waals surface area (Å²) in [6.45, 7) is 0.381. The number of pyridine rings is 1. The summed E-state index contributed by atoms with van der Waals surface area (Å²) in [6.07, 6.45) is 7.41. The van der Waals surface area contributed by atoms with Crippen LogP contribution in [0.25, 0.3) is 0 Å². The molecule has 0 aromatic carbocycles. The summed E-state index contributed by atoms with van der Waals surface area (Å²) in [4.78, 5) is 26.4. The van der Waals surface area contributed by atoms with E-state index in [1.807, 2.05) is 0 Å². The molecule has 1 aliphatic carbocycles. The van der Waals surface area contributed by atoms with E-state index in [1.165, 1.54) is 0 Å². The molecule has 5 N–H and O–H groups in total. The van der Waals surface area contributed by atoms with Crippen LogP contribution in [0.4, 0.5) is 0 Å². The van der Waals surface area contributed by atoms with Gasteiger partial charge in [-0.2, -0.15) is 0 Å². The normalized spacial score (nSPS) is 21.6. The molecule has 6 nitrogen and oxygen atoms in total. The highest BCUT2D eigenvalue weighted by atomic mass is 16.2. The van der Waals surface area contributed by atoms with Crippen molar-refractivity contribution >= 4 is 11.8 Å². The number of carbonyl (C=O) groups is 2. The number of nitrogens with two attached hydrogens (primary N) is 1. The quantitative estimate of drug-likeness (QED) is 0.712. The molecule has 21 heavy (non-hydrogen) atoms. The average Bonchev–Trinajstić information content (AvgIpc) is 2.50. The summed E-state index contributed by atoms with van der Waals surface area (Å²) in [5.74, 6) is -0.0230. The minimum absolute atomic E-state index is 0.0190. The first-order valence-electron chi connectivity index (χ1n) is 7.45. The fraction of sp³-hybridized carbons (Fsp3) is 0.533. The number of nitrogens with one attached hydrogen (secondary N) is 3. The van der Waals surface area contributed by atoms with Crippen LogP contribution in [0.1, 0.15) is 42.5 Å². The second kappa shape index (κ2) is 7.73. The van der Waals surface area contributed by atoms with Crippen molar-refractivity contribution in [2.24, 2.45) is 5.73 Å². The predicted molar refractivity (Wildman–Crippen MR) is 78.3 cm³/mol. The molecule has 1 aromatic heterocycles. The SMILES string of the molecule is NCCC(=O)NC1CCC(NC(=O)c2cc[nH+]cc2)CC1. The number of hydrogen-bond donors (Lipinski definition) is 3. The predicted octanol–water partition coefficient (Wildman–Crippen LogP) is 0.00670. The van der Waals surface area contributed by atoms with E-state index in [2.05, 4.69) is 15.6 Å². The van der Waals surface area contributed by atoms with E-state index in [0.29, 0.717) is 18.5 Å². The van der Waals surface area contributed by atoms with E-state index in [4.69, 9.17) is 5.73 Å². The lowest BCUT2D eigenvalue weighted by Gasteiger charge is -2.29. The zero-order valence-electron chi connectivity index (χ0n) is 12.1. The molecule has 1 aliphatic rings. The van der Waals surface area contributed by atoms with E-state index in [9.17, 15) is 9.59 Å². The van der Waals surface area contributed by atoms with Crippen molar-refractivity contribution in [1.82, 2.24) is 10.6 Å². The van der Waals surface area contributed by atoms with Crippen LogP contribution in [0.15, 0.2) is 24.5 Å². The maximum absolute atomic E-state index is 12.0. The summed E-state index contributed by atoms with van der Waals surface area (Å²) < 4.78 is 0. The Morgan fingerprint density at radius 3 is 2.24 bits per heavy atom. The van der Waals surface area contributed by atoms with Gasteiger partial charge in [-0.25, -0.2) is 4.98 Å². The summed E-state index contributed by atoms with van der Waals surface area (Å²) in [5.41, 5.74) is 6.02. The van der Waals surface area contributed by atoms with Crippen LogP contribution in [0.3, 0.4) is 0 Å². The van der Waals surface area contributed by atoms with Crippen molar-refractivity contribution in [2.45, 2.75) is 44.2 Å². The lowest BCUT2D eigenvalue weighted by atomic mass is 9.91. The van der Waals surface area contributed by atoms with E-state index < -0.39 is 0 Å². The highest BCUT2D eigenvalue weighted by Gasteiger charge is 2.23. The monoisotopic (exact) mass is 291 g/mol. The molecule has 114 valence electrons. The van der Waals surface area contributed by atoms with Gasteiger partial charge in [0.2, 0.25) is 5.91 Å². The van der Waals surface area contributed by atoms with Crippen molar-refractivity contribution in [2.75, 3.05) is 6.54 Å². The van der Waals surface area contributed by atoms with Crippen LogP contribution in [0.5, 0.6) is 0 Å². The molecule has 1 aromatic rings. The zero-order chi connectivity index (χ0) is 15.1. The summed E-state index contributed by atoms with van der Waals surface area (Å²) >= 11 is 0. The van der Waals surface area contributed by atoms with E-state index in [-0.39, 0.29) is 23.9 Å². The molecule has 0 aliphatic heterocycles. The first kappa shape index (κ1) is 15.4. The molecule has 0 bridgehead atoms. The maximum Gasteiger partial charge on any atom is 0.251 e. The fourth-order valence-corrected chi connectivity index (χ4v) is 2.62. The van der Waals surface area contributed by atoms with Gasteiger partial charge in [0.05, 0.1) is 5.56 Å². The maximum atomic E-state index is 12.0. The first-order chi connectivity index (χ1) is 10.2. The largest absolute Gasteiger partial charge is 0.353 e. The van der Waals surface area contributed by atoms with Crippen LogP contribution < -0.4 is 21.4 Å². The number of H-pyrrole nitrogens is 1. The molecule has 0 atom stereocenters. The van der Waals surface area contributed by atoms with Gasteiger partial charge >= 0.3 is 0 Å². The Labute approximate surface area is 124 Å². The molecule has 1 heterocycles. The van der Waals surface area contributed by atoms with Gasteiger partial charge in [0, 0.05) is 37.2 Å². The van der Waals surface area contributed by atoms with Gasteiger partial charge in [0.15, 0.2) is 12.4 Å². The van der Waals surface area contributed by atoms with Crippen molar-refractivity contribution < 1.29 is 14.6 Å². The first-order valence-corrected chi connectivity index (χ1v) is 7.45. The molecular weight excluding hydrogens is 268 g/mol. The molecule has 2 amide bonds. The summed E-state index contributed by atoms with van der Waals surface area (Å²) in [5, 5.41) is 6.04. The topological polar surface area (TPSA) is 98.4 Å². The second-order valence-corrected chi connectivity index (χ2v) is 5.42. The molecule has 0 unspecified atom stereocenters. The number of amides is 2. The smallest absolute Gasteiger partial charge is 0.251 e. The van der Waals surface area contributed by atoms with E-state index in [0.717, 1.165) is 25.7 Å². The molecule has 0 spiro atoms. The third-order valence-corrected chi connectivity index (χ3v) is 3.78. The fourth-order valence-electron chi connectivity index (χ4n) is 2.62. The lowest BCUT2D eigenvalue weighted by Crippen LogP contribution is -2.44. The Hall–Kier alpha value is -1.95. The molecule has 1 saturated carbocycles. The summed E-state index contributed by atoms with van der Waals surface area (Å²) in [7, 11) is 0. The number of hydrogen-bond acceptors (Lipinski definition) is 3. The van der Waals surface area contributed by atoms with Gasteiger partial charge in [-0.1, -0.05) is 0 Å². The van der Waals surface area contributed by atoms with Gasteiger partial charge in [0.1, 0.15) is 0 Å². The van der Waals surface area contributed by atoms with Crippen LogP contribution >= 0.6 is 0 Å². The Balaban J connectivity index is 1.74. The Bertz CT molecular complexity index is 470. The van der Waals surface area contributed by atoms with Crippen molar-refractivity contribution in [3.63, 3.8) is 0 Å². The molecule has 1 fully saturated rings. The highest BCUT2D eigenvalue weighted by Crippen LogP contribution is 2.19. The second-order valence-electron chi connectivity index (χ2n) is 5.42. The standard InChI is InChI=1S/C15H22N4O2/c16-8-5-14(20)18-12-1-3-13(4-2-12)19-15(21)11-6-9-17-10-7-11/h6-7,9-10,12-13H,1-5,8,16H2,(H,18,20)(H,19,21)/p+1. The van der Waals surface area contributed by atoms with Crippen molar-refractivity contribution in [3.05, 3.63) is 30.1 Å². The van der Waals surface area contributed by atoms with Gasteiger partial charge in [-0.3, -0.25) is 9.59 Å². The van der Waals surface area contributed by atoms with Crippen LogP contribution in [-0.4, -0.2) is 30.4 Å². The lowest BCUT2D eigenvalue weighted by molar-refractivity contribution is -0.378. The third-order valence-electron chi connectivity index (χ3n) is 3.78. The van der Waals surface area contributed by atoms with Crippen LogP contribution in [-0.2, 0) is 4.79 Å². The molecule has 2 rings (SSSR count). The van der Waals surface area contributed by atoms with Gasteiger partial charge in [0.25, 0.3) is 5.91 Å². The molecular formula is C15H23N4O2+. The number of aromatic amines is 1. The van der Waals surface area contributed by atoms with Gasteiger partial charge in [-0.05, 0) is 25.7 Å². The Morgan fingerprint density at radius 1 is 1.10 bits per heavy atom. The summed E-state index contributed by atoms with van der Waals surface area (Å²) in [6, 6.07) is 3.91. The molecule has 0 radical (unpaired) electrons. The van der Waals surface area contributed by atoms with Crippen LogP contribution in [0.2, 0.25) is 0 Å². The zero-order valence-corrected chi connectivity index (χ0v) is 12.1. The third kappa shape index (κ3) is 4.82. The number of aromatic nitrogens is 1. The Morgan fingerprint density at radius 2 is 1.67 bits per heavy atom. The van der Waals surface area contributed by atoms with Gasteiger partial charge in [-0.15, -0.1) is 0 Å². The highest BCUT2D eigenvalue weighted by molar-refractivity contribution is 5.94. The number of carbonyl (C=O) groups excluding carboxylic acids is 2. The van der Waals surface area contributed by atoms with E-state index in [1.54, 1.807) is 24.5 Å². The minimum atomic E-state index is -0.0420. The van der Waals surface area contributed by atoms with E-state index >= 15 is 0 Å². The van der Waals surface area contributed by atoms with Crippen molar-refractivity contribution in [1.29, 1.82) is 0 Å². The Kier molecular flexibility index (Phi) is 5.68. The minimum Gasteiger partial charge on any atom is -0.353 e. The number of rotatable bonds is 5. The molecule has 0 saturated heterocycles. The average molecular weight is 291 g/mol. The van der Waals surface area contributed by atoms with Crippen molar-refractivity contribution in [3.8, 4) is 0 Å².